The van der Waals surface area contributed by atoms with Crippen molar-refractivity contribution in [1.29, 1.82) is 0 Å². The zero-order valence-corrected chi connectivity index (χ0v) is 12.6. The number of sulfonamides is 1. The molecule has 0 aromatic heterocycles. The van der Waals surface area contributed by atoms with Crippen molar-refractivity contribution in [2.75, 3.05) is 19.0 Å². The molecule has 1 heterocycles. The van der Waals surface area contributed by atoms with E-state index in [9.17, 15) is 13.2 Å². The number of alkyl halides is 1. The number of hydrogen-bond acceptors (Lipinski definition) is 3. The Bertz CT molecular complexity index is 566. The summed E-state index contributed by atoms with van der Waals surface area (Å²) in [7, 11) is -3.37. The smallest absolute Gasteiger partial charge is 0.243 e. The first-order valence-electron chi connectivity index (χ1n) is 6.46. The molecule has 0 unspecified atom stereocenters. The molecule has 110 valence electrons. The summed E-state index contributed by atoms with van der Waals surface area (Å²) in [6.45, 7) is 1.53. The number of hydrogen-bond donors (Lipinski definition) is 1. The third-order valence-corrected chi connectivity index (χ3v) is 5.39. The van der Waals surface area contributed by atoms with E-state index in [1.54, 1.807) is 24.3 Å². The molecule has 20 heavy (non-hydrogen) atoms. The Morgan fingerprint density at radius 1 is 1.20 bits per heavy atom. The molecule has 0 atom stereocenters. The van der Waals surface area contributed by atoms with Gasteiger partial charge in [-0.3, -0.25) is 4.79 Å². The average molecular weight is 317 g/mol. The van der Waals surface area contributed by atoms with Gasteiger partial charge in [0.05, 0.1) is 4.90 Å². The third kappa shape index (κ3) is 3.50. The van der Waals surface area contributed by atoms with Crippen LogP contribution in [0.4, 0.5) is 0 Å². The molecule has 1 aliphatic rings. The molecule has 1 aromatic rings. The van der Waals surface area contributed by atoms with Gasteiger partial charge in [0.1, 0.15) is 5.88 Å². The second-order valence-corrected chi connectivity index (χ2v) is 6.87. The summed E-state index contributed by atoms with van der Waals surface area (Å²) < 4.78 is 26.1. The molecule has 0 bridgehead atoms. The van der Waals surface area contributed by atoms with E-state index in [1.165, 1.54) is 4.31 Å². The summed E-state index contributed by atoms with van der Waals surface area (Å²) in [4.78, 5) is 11.3. The minimum atomic E-state index is -3.37. The highest BCUT2D eigenvalue weighted by Crippen LogP contribution is 2.20. The van der Waals surface area contributed by atoms with Crippen LogP contribution in [0.15, 0.2) is 29.2 Å². The van der Waals surface area contributed by atoms with Crippen molar-refractivity contribution in [1.82, 2.24) is 9.62 Å². The maximum absolute atomic E-state index is 12.3. The number of halogens is 1. The highest BCUT2D eigenvalue weighted by Gasteiger charge is 2.26. The van der Waals surface area contributed by atoms with E-state index in [4.69, 9.17) is 11.6 Å². The topological polar surface area (TPSA) is 66.5 Å². The highest BCUT2D eigenvalue weighted by atomic mass is 35.5. The Kier molecular flexibility index (Phi) is 5.01. The van der Waals surface area contributed by atoms with Crippen LogP contribution in [0.3, 0.4) is 0 Å². The number of carbonyl (C=O) groups excluding carboxylic acids is 1. The highest BCUT2D eigenvalue weighted by molar-refractivity contribution is 7.89. The van der Waals surface area contributed by atoms with Gasteiger partial charge in [0.25, 0.3) is 0 Å². The number of carbonyl (C=O) groups is 1. The number of benzene rings is 1. The third-order valence-electron chi connectivity index (χ3n) is 3.24. The predicted molar refractivity (Wildman–Crippen MR) is 77.0 cm³/mol. The summed E-state index contributed by atoms with van der Waals surface area (Å²) in [6.07, 6.45) is 1.84. The van der Waals surface area contributed by atoms with E-state index in [1.807, 2.05) is 0 Å². The minimum Gasteiger partial charge on any atom is -0.351 e. The Morgan fingerprint density at radius 3 is 2.35 bits per heavy atom. The summed E-state index contributed by atoms with van der Waals surface area (Å²) in [5, 5.41) is 2.63. The van der Waals surface area contributed by atoms with E-state index in [2.05, 4.69) is 5.32 Å². The number of rotatable bonds is 5. The summed E-state index contributed by atoms with van der Waals surface area (Å²) in [5.41, 5.74) is 0.837. The van der Waals surface area contributed by atoms with E-state index in [-0.39, 0.29) is 11.8 Å². The van der Waals surface area contributed by atoms with Gasteiger partial charge in [-0.2, -0.15) is 4.31 Å². The zero-order chi connectivity index (χ0) is 14.6. The molecule has 1 aromatic carbocycles. The molecule has 5 nitrogen and oxygen atoms in total. The van der Waals surface area contributed by atoms with E-state index in [0.717, 1.165) is 18.4 Å². The second-order valence-electron chi connectivity index (χ2n) is 4.67. The predicted octanol–water partition coefficient (Wildman–Crippen LogP) is 1.33. The van der Waals surface area contributed by atoms with Gasteiger partial charge in [0, 0.05) is 19.6 Å². The molecular formula is C13H17ClN2O3S. The van der Waals surface area contributed by atoms with Gasteiger partial charge in [-0.15, -0.1) is 11.6 Å². The fourth-order valence-electron chi connectivity index (χ4n) is 2.10. The fourth-order valence-corrected chi connectivity index (χ4v) is 3.72. The van der Waals surface area contributed by atoms with E-state index < -0.39 is 10.0 Å². The first-order valence-corrected chi connectivity index (χ1v) is 8.43. The van der Waals surface area contributed by atoms with Crippen molar-refractivity contribution in [3.05, 3.63) is 29.8 Å². The lowest BCUT2D eigenvalue weighted by Crippen LogP contribution is -2.28. The quantitative estimate of drug-likeness (QED) is 0.833. The molecule has 1 aliphatic heterocycles. The van der Waals surface area contributed by atoms with Crippen LogP contribution in [0.25, 0.3) is 0 Å². The lowest BCUT2D eigenvalue weighted by molar-refractivity contribution is -0.118. The minimum absolute atomic E-state index is 0.0819. The molecule has 1 saturated heterocycles. The van der Waals surface area contributed by atoms with Crippen LogP contribution >= 0.6 is 11.6 Å². The van der Waals surface area contributed by atoms with Crippen LogP contribution < -0.4 is 5.32 Å². The van der Waals surface area contributed by atoms with E-state index >= 15 is 0 Å². The molecular weight excluding hydrogens is 300 g/mol. The SMILES string of the molecule is O=C(CCl)NCc1ccc(S(=O)(=O)N2CCCC2)cc1. The maximum Gasteiger partial charge on any atom is 0.243 e. The lowest BCUT2D eigenvalue weighted by atomic mass is 10.2. The standard InChI is InChI=1S/C13H17ClN2O3S/c14-9-13(17)15-10-11-3-5-12(6-4-11)20(18,19)16-7-1-2-8-16/h3-6H,1-2,7-10H2,(H,15,17). The van der Waals surface area contributed by atoms with Crippen molar-refractivity contribution >= 4 is 27.5 Å². The van der Waals surface area contributed by atoms with Gasteiger partial charge >= 0.3 is 0 Å². The van der Waals surface area contributed by atoms with Crippen molar-refractivity contribution in [3.8, 4) is 0 Å². The molecule has 0 radical (unpaired) electrons. The first-order chi connectivity index (χ1) is 9.54. The van der Waals surface area contributed by atoms with Crippen LogP contribution in [0.5, 0.6) is 0 Å². The fraction of sp³-hybridized carbons (Fsp3) is 0.462. The molecule has 0 saturated carbocycles. The van der Waals surface area contributed by atoms with Crippen molar-refractivity contribution < 1.29 is 13.2 Å². The zero-order valence-electron chi connectivity index (χ0n) is 11.0. The second kappa shape index (κ2) is 6.56. The Labute approximate surface area is 124 Å². The Morgan fingerprint density at radius 2 is 1.80 bits per heavy atom. The van der Waals surface area contributed by atoms with Gasteiger partial charge < -0.3 is 5.32 Å². The monoisotopic (exact) mass is 316 g/mol. The Balaban J connectivity index is 2.06. The average Bonchev–Trinajstić information content (AvgIpc) is 3.00. The van der Waals surface area contributed by atoms with Crippen LogP contribution in [-0.2, 0) is 21.4 Å². The van der Waals surface area contributed by atoms with Gasteiger partial charge in [-0.1, -0.05) is 12.1 Å². The summed E-state index contributed by atoms with van der Waals surface area (Å²) in [5.74, 6) is -0.332. The van der Waals surface area contributed by atoms with Crippen LogP contribution in [0, 0.1) is 0 Å². The lowest BCUT2D eigenvalue weighted by Gasteiger charge is -2.15. The summed E-state index contributed by atoms with van der Waals surface area (Å²) in [6, 6.07) is 6.57. The van der Waals surface area contributed by atoms with Crippen LogP contribution in [-0.4, -0.2) is 37.6 Å². The molecule has 1 amide bonds. The molecule has 7 heteroatoms. The molecule has 2 rings (SSSR count). The normalized spacial score (nSPS) is 16.2. The van der Waals surface area contributed by atoms with Crippen molar-refractivity contribution in [2.45, 2.75) is 24.3 Å². The molecule has 0 aliphatic carbocycles. The summed E-state index contributed by atoms with van der Waals surface area (Å²) >= 11 is 5.38. The van der Waals surface area contributed by atoms with Gasteiger partial charge in [-0.25, -0.2) is 8.42 Å². The molecule has 1 fully saturated rings. The number of nitrogens with zero attached hydrogens (tertiary/aromatic N) is 1. The Hall–Kier alpha value is -1.11. The van der Waals surface area contributed by atoms with Crippen LogP contribution in [0.1, 0.15) is 18.4 Å². The first kappa shape index (κ1) is 15.3. The van der Waals surface area contributed by atoms with Crippen molar-refractivity contribution in [3.63, 3.8) is 0 Å². The maximum atomic E-state index is 12.3. The molecule has 0 spiro atoms. The van der Waals surface area contributed by atoms with Gasteiger partial charge in [-0.05, 0) is 30.5 Å². The largest absolute Gasteiger partial charge is 0.351 e. The van der Waals surface area contributed by atoms with Gasteiger partial charge in [0.15, 0.2) is 0 Å². The van der Waals surface area contributed by atoms with E-state index in [0.29, 0.717) is 24.5 Å². The molecule has 1 N–H and O–H groups in total. The van der Waals surface area contributed by atoms with Gasteiger partial charge in [0.2, 0.25) is 15.9 Å². The number of amides is 1. The van der Waals surface area contributed by atoms with Crippen LogP contribution in [0.2, 0.25) is 0 Å². The number of nitrogens with one attached hydrogen (secondary N) is 1. The van der Waals surface area contributed by atoms with Crippen molar-refractivity contribution in [2.24, 2.45) is 0 Å².